The molecular weight excluding hydrogens is 598 g/mol. The first-order chi connectivity index (χ1) is 23.6. The molecule has 1 aliphatic rings. The molecule has 1 heterocycles. The van der Waals surface area contributed by atoms with Gasteiger partial charge in [-0.25, -0.2) is 0 Å². The average molecular weight is 682 g/mol. The second kappa shape index (κ2) is 33.6. The van der Waals surface area contributed by atoms with E-state index < -0.39 is 30.6 Å². The molecule has 0 unspecified atom stereocenters. The smallest absolute Gasteiger partial charge is 0.140 e. The van der Waals surface area contributed by atoms with E-state index in [9.17, 15) is 20.4 Å². The van der Waals surface area contributed by atoms with E-state index in [0.717, 1.165) is 38.8 Å². The van der Waals surface area contributed by atoms with Gasteiger partial charge >= 0.3 is 0 Å². The molecule has 0 saturated carbocycles. The molecule has 6 heteroatoms. The van der Waals surface area contributed by atoms with Crippen molar-refractivity contribution < 1.29 is 25.2 Å². The molecule has 0 aromatic heterocycles. The summed E-state index contributed by atoms with van der Waals surface area (Å²) < 4.78 is 5.96. The van der Waals surface area contributed by atoms with Gasteiger partial charge in [0.2, 0.25) is 0 Å². The van der Waals surface area contributed by atoms with Crippen molar-refractivity contribution in [1.82, 2.24) is 4.90 Å². The van der Waals surface area contributed by atoms with Gasteiger partial charge in [-0.1, -0.05) is 180 Å². The Labute approximate surface area is 298 Å². The molecule has 0 aromatic rings. The Balaban J connectivity index is 2.22. The minimum Gasteiger partial charge on any atom is -0.394 e. The van der Waals surface area contributed by atoms with Crippen LogP contribution >= 0.6 is 0 Å². The molecule has 4 N–H and O–H groups in total. The fourth-order valence-corrected chi connectivity index (χ4v) is 7.18. The monoisotopic (exact) mass is 682 g/mol. The molecule has 5 atom stereocenters. The first-order valence-corrected chi connectivity index (χ1v) is 21.3. The van der Waals surface area contributed by atoms with Crippen LogP contribution in [-0.4, -0.2) is 75.7 Å². The molecule has 0 aliphatic carbocycles. The zero-order chi connectivity index (χ0) is 34.9. The first-order valence-electron chi connectivity index (χ1n) is 21.3. The number of rotatable bonds is 35. The van der Waals surface area contributed by atoms with Gasteiger partial charge in [0.15, 0.2) is 0 Å². The standard InChI is InChI=1S/C42H83NO5/c1-3-5-7-9-11-13-15-17-19-21-23-25-27-29-31-33-35-43(42-41(47)40(46)39(45)38(37-44)48-42)36-34-32-30-28-26-24-22-20-18-16-14-12-10-8-6-4-2/h17,19,38-42,44-47H,3-16,18,20-37H2,1-2H3/t38-,39-,40+,41-,42-/m1/s1. The van der Waals surface area contributed by atoms with Crippen LogP contribution < -0.4 is 0 Å². The van der Waals surface area contributed by atoms with Crippen molar-refractivity contribution in [1.29, 1.82) is 0 Å². The van der Waals surface area contributed by atoms with Gasteiger partial charge in [-0.05, 0) is 38.5 Å². The fraction of sp³-hybridized carbons (Fsp3) is 0.952. The Hall–Kier alpha value is -0.500. The maximum atomic E-state index is 10.8. The van der Waals surface area contributed by atoms with Gasteiger partial charge < -0.3 is 25.2 Å². The average Bonchev–Trinajstić information content (AvgIpc) is 3.09. The second-order valence-corrected chi connectivity index (χ2v) is 15.0. The van der Waals surface area contributed by atoms with Crippen LogP contribution in [0.3, 0.4) is 0 Å². The number of allylic oxidation sites excluding steroid dienone is 2. The molecule has 0 bridgehead atoms. The Kier molecular flexibility index (Phi) is 31.9. The quantitative estimate of drug-likeness (QED) is 0.0393. The molecule has 286 valence electrons. The predicted molar refractivity (Wildman–Crippen MR) is 204 cm³/mol. The van der Waals surface area contributed by atoms with Gasteiger partial charge in [0, 0.05) is 13.1 Å². The lowest BCUT2D eigenvalue weighted by Crippen LogP contribution is -2.63. The summed E-state index contributed by atoms with van der Waals surface area (Å²) >= 11 is 0. The number of nitrogens with zero attached hydrogens (tertiary/aromatic N) is 1. The molecular formula is C42H83NO5. The van der Waals surface area contributed by atoms with E-state index in [0.29, 0.717) is 0 Å². The largest absolute Gasteiger partial charge is 0.394 e. The number of unbranched alkanes of at least 4 members (excludes halogenated alkanes) is 27. The molecule has 0 spiro atoms. The lowest BCUT2D eigenvalue weighted by molar-refractivity contribution is -0.265. The first kappa shape index (κ1) is 45.5. The van der Waals surface area contributed by atoms with Crippen LogP contribution in [0.2, 0.25) is 0 Å². The van der Waals surface area contributed by atoms with Crippen molar-refractivity contribution >= 4 is 0 Å². The lowest BCUT2D eigenvalue weighted by Gasteiger charge is -2.44. The highest BCUT2D eigenvalue weighted by atomic mass is 16.6. The van der Waals surface area contributed by atoms with Crippen LogP contribution in [0, 0.1) is 0 Å². The van der Waals surface area contributed by atoms with E-state index in [1.807, 2.05) is 0 Å². The summed E-state index contributed by atoms with van der Waals surface area (Å²) in [4.78, 5) is 2.15. The highest BCUT2D eigenvalue weighted by Crippen LogP contribution is 2.25. The van der Waals surface area contributed by atoms with Crippen LogP contribution in [0.15, 0.2) is 12.2 Å². The molecule has 0 aromatic carbocycles. The van der Waals surface area contributed by atoms with Crippen LogP contribution in [0.1, 0.15) is 206 Å². The summed E-state index contributed by atoms with van der Waals surface area (Å²) in [6, 6.07) is 0. The Morgan fingerprint density at radius 3 is 1.12 bits per heavy atom. The van der Waals surface area contributed by atoms with Gasteiger partial charge in [0.1, 0.15) is 30.6 Å². The molecule has 0 radical (unpaired) electrons. The molecule has 1 fully saturated rings. The highest BCUT2D eigenvalue weighted by Gasteiger charge is 2.45. The van der Waals surface area contributed by atoms with E-state index in [1.165, 1.54) is 167 Å². The van der Waals surface area contributed by atoms with Crippen molar-refractivity contribution in [2.45, 2.75) is 237 Å². The maximum absolute atomic E-state index is 10.8. The van der Waals surface area contributed by atoms with Gasteiger partial charge in [0.05, 0.1) is 6.61 Å². The predicted octanol–water partition coefficient (Wildman–Crippen LogP) is 10.4. The normalized spacial score (nSPS) is 21.6. The summed E-state index contributed by atoms with van der Waals surface area (Å²) in [7, 11) is 0. The van der Waals surface area contributed by atoms with Crippen LogP contribution in [0.5, 0.6) is 0 Å². The van der Waals surface area contributed by atoms with E-state index in [4.69, 9.17) is 4.74 Å². The number of ether oxygens (including phenoxy) is 1. The third-order valence-corrected chi connectivity index (χ3v) is 10.5. The third kappa shape index (κ3) is 23.8. The Morgan fingerprint density at radius 1 is 0.438 bits per heavy atom. The van der Waals surface area contributed by atoms with Gasteiger partial charge in [0.25, 0.3) is 0 Å². The maximum Gasteiger partial charge on any atom is 0.140 e. The minimum atomic E-state index is -1.31. The van der Waals surface area contributed by atoms with E-state index in [2.05, 4.69) is 30.9 Å². The SMILES string of the molecule is CCCCCCCCC=CCCCCCCCCN(CCCCCCCCCCCCCCCCCC)[C@@H]1O[C@H](CO)[C@@H](O)[C@H](O)[C@H]1O. The minimum absolute atomic E-state index is 0.372. The van der Waals surface area contributed by atoms with E-state index >= 15 is 0 Å². The molecule has 1 aliphatic heterocycles. The van der Waals surface area contributed by atoms with Gasteiger partial charge in [-0.3, -0.25) is 4.90 Å². The van der Waals surface area contributed by atoms with E-state index in [1.54, 1.807) is 0 Å². The summed E-state index contributed by atoms with van der Waals surface area (Å²) in [6.45, 7) is 5.77. The third-order valence-electron chi connectivity index (χ3n) is 10.5. The van der Waals surface area contributed by atoms with Gasteiger partial charge in [-0.2, -0.15) is 0 Å². The number of aliphatic hydroxyl groups is 4. The molecule has 6 nitrogen and oxygen atoms in total. The molecule has 0 amide bonds. The topological polar surface area (TPSA) is 93.4 Å². The van der Waals surface area contributed by atoms with Crippen LogP contribution in [0.25, 0.3) is 0 Å². The lowest BCUT2D eigenvalue weighted by atomic mass is 9.97. The molecule has 1 rings (SSSR count). The zero-order valence-electron chi connectivity index (χ0n) is 32.0. The molecule has 48 heavy (non-hydrogen) atoms. The number of hydrogen-bond donors (Lipinski definition) is 4. The van der Waals surface area contributed by atoms with Crippen molar-refractivity contribution in [3.8, 4) is 0 Å². The number of hydrogen-bond acceptors (Lipinski definition) is 6. The Morgan fingerprint density at radius 2 is 0.771 bits per heavy atom. The van der Waals surface area contributed by atoms with Crippen LogP contribution in [0.4, 0.5) is 0 Å². The van der Waals surface area contributed by atoms with E-state index in [-0.39, 0.29) is 6.61 Å². The van der Waals surface area contributed by atoms with Crippen molar-refractivity contribution in [2.75, 3.05) is 19.7 Å². The second-order valence-electron chi connectivity index (χ2n) is 15.0. The van der Waals surface area contributed by atoms with Crippen molar-refractivity contribution in [3.05, 3.63) is 12.2 Å². The molecule has 1 saturated heterocycles. The Bertz CT molecular complexity index is 689. The summed E-state index contributed by atoms with van der Waals surface area (Å²) in [5.41, 5.74) is 0. The van der Waals surface area contributed by atoms with Crippen molar-refractivity contribution in [2.24, 2.45) is 0 Å². The highest BCUT2D eigenvalue weighted by molar-refractivity contribution is 4.92. The van der Waals surface area contributed by atoms with Crippen LogP contribution in [-0.2, 0) is 4.74 Å². The summed E-state index contributed by atoms with van der Waals surface area (Å²) in [5, 5.41) is 41.2. The fourth-order valence-electron chi connectivity index (χ4n) is 7.18. The van der Waals surface area contributed by atoms with Crippen molar-refractivity contribution in [3.63, 3.8) is 0 Å². The summed E-state index contributed by atoms with van der Waals surface area (Å²) in [6.07, 6.45) is 38.6. The number of aliphatic hydroxyl groups excluding tert-OH is 4. The van der Waals surface area contributed by atoms with Gasteiger partial charge in [-0.15, -0.1) is 0 Å². The zero-order valence-corrected chi connectivity index (χ0v) is 32.0. The summed E-state index contributed by atoms with van der Waals surface area (Å²) in [5.74, 6) is 0.